The third kappa shape index (κ3) is 3.70. The molecule has 2 rings (SSSR count). The van der Waals surface area contributed by atoms with Crippen molar-refractivity contribution in [3.05, 3.63) is 23.9 Å². The van der Waals surface area contributed by atoms with Crippen LogP contribution in [-0.2, 0) is 4.74 Å². The number of hydrogen-bond acceptors (Lipinski definition) is 4. The predicted molar refractivity (Wildman–Crippen MR) is 78.9 cm³/mol. The Morgan fingerprint density at radius 2 is 2.35 bits per heavy atom. The van der Waals surface area contributed by atoms with Crippen LogP contribution in [0.25, 0.3) is 0 Å². The first-order valence-corrected chi connectivity index (χ1v) is 7.24. The number of anilines is 1. The maximum absolute atomic E-state index is 12.5. The lowest BCUT2D eigenvalue weighted by Gasteiger charge is -2.32. The highest BCUT2D eigenvalue weighted by Crippen LogP contribution is 2.13. The van der Waals surface area contributed by atoms with Crippen molar-refractivity contribution in [1.82, 2.24) is 9.88 Å². The molecule has 1 aliphatic rings. The lowest BCUT2D eigenvalue weighted by molar-refractivity contribution is -0.0228. The molecule has 1 atom stereocenters. The molecule has 1 amide bonds. The molecular formula is C15H23N3O2. The van der Waals surface area contributed by atoms with Crippen molar-refractivity contribution < 1.29 is 9.53 Å². The first-order valence-electron chi connectivity index (χ1n) is 7.24. The minimum Gasteiger partial charge on any atom is -0.375 e. The number of amides is 1. The van der Waals surface area contributed by atoms with Crippen molar-refractivity contribution in [3.63, 3.8) is 0 Å². The molecule has 5 heteroatoms. The maximum Gasteiger partial charge on any atom is 0.272 e. The SMILES string of the molecule is CCC1CN(C(=O)c2cccc(NC(C)C)n2)CCO1. The average molecular weight is 277 g/mol. The number of morpholine rings is 1. The van der Waals surface area contributed by atoms with Gasteiger partial charge in [-0.25, -0.2) is 4.98 Å². The minimum atomic E-state index is -0.0147. The molecule has 0 aliphatic carbocycles. The Balaban J connectivity index is 2.08. The summed E-state index contributed by atoms with van der Waals surface area (Å²) in [4.78, 5) is 18.7. The molecule has 1 aromatic rings. The fourth-order valence-electron chi connectivity index (χ4n) is 2.24. The Bertz CT molecular complexity index is 462. The van der Waals surface area contributed by atoms with E-state index in [-0.39, 0.29) is 12.0 Å². The molecule has 5 nitrogen and oxygen atoms in total. The van der Waals surface area contributed by atoms with E-state index >= 15 is 0 Å². The van der Waals surface area contributed by atoms with Crippen molar-refractivity contribution in [2.24, 2.45) is 0 Å². The van der Waals surface area contributed by atoms with E-state index in [2.05, 4.69) is 17.2 Å². The zero-order valence-corrected chi connectivity index (χ0v) is 12.4. The van der Waals surface area contributed by atoms with E-state index in [1.54, 1.807) is 6.07 Å². The summed E-state index contributed by atoms with van der Waals surface area (Å²) in [5.41, 5.74) is 0.493. The molecule has 1 fully saturated rings. The maximum atomic E-state index is 12.5. The molecule has 1 aliphatic heterocycles. The summed E-state index contributed by atoms with van der Waals surface area (Å²) >= 11 is 0. The summed E-state index contributed by atoms with van der Waals surface area (Å²) in [7, 11) is 0. The van der Waals surface area contributed by atoms with Gasteiger partial charge in [0.15, 0.2) is 0 Å². The smallest absolute Gasteiger partial charge is 0.272 e. The van der Waals surface area contributed by atoms with Gasteiger partial charge < -0.3 is 15.0 Å². The largest absolute Gasteiger partial charge is 0.375 e. The lowest BCUT2D eigenvalue weighted by atomic mass is 10.2. The van der Waals surface area contributed by atoms with Crippen LogP contribution in [0.4, 0.5) is 5.82 Å². The van der Waals surface area contributed by atoms with Crippen LogP contribution in [0.15, 0.2) is 18.2 Å². The van der Waals surface area contributed by atoms with Gasteiger partial charge in [-0.1, -0.05) is 13.0 Å². The van der Waals surface area contributed by atoms with Gasteiger partial charge >= 0.3 is 0 Å². The zero-order valence-electron chi connectivity index (χ0n) is 12.4. The Hall–Kier alpha value is -1.62. The number of carbonyl (C=O) groups excluding carboxylic acids is 1. The number of nitrogens with one attached hydrogen (secondary N) is 1. The van der Waals surface area contributed by atoms with Crippen LogP contribution in [0.5, 0.6) is 0 Å². The number of nitrogens with zero attached hydrogens (tertiary/aromatic N) is 2. The number of carbonyl (C=O) groups is 1. The van der Waals surface area contributed by atoms with Crippen LogP contribution in [0, 0.1) is 0 Å². The predicted octanol–water partition coefficient (Wildman–Crippen LogP) is 2.15. The van der Waals surface area contributed by atoms with Gasteiger partial charge in [0.05, 0.1) is 12.7 Å². The van der Waals surface area contributed by atoms with Gasteiger partial charge in [0.25, 0.3) is 5.91 Å². The molecule has 0 radical (unpaired) electrons. The number of hydrogen-bond donors (Lipinski definition) is 1. The highest BCUT2D eigenvalue weighted by atomic mass is 16.5. The van der Waals surface area contributed by atoms with Gasteiger partial charge in [-0.15, -0.1) is 0 Å². The lowest BCUT2D eigenvalue weighted by Crippen LogP contribution is -2.45. The second-order valence-electron chi connectivity index (χ2n) is 5.36. The van der Waals surface area contributed by atoms with E-state index in [1.165, 1.54) is 0 Å². The monoisotopic (exact) mass is 277 g/mol. The van der Waals surface area contributed by atoms with E-state index in [0.29, 0.717) is 31.4 Å². The Kier molecular flexibility index (Phi) is 4.95. The van der Waals surface area contributed by atoms with Crippen LogP contribution >= 0.6 is 0 Å². The fourth-order valence-corrected chi connectivity index (χ4v) is 2.24. The molecule has 1 N–H and O–H groups in total. The molecular weight excluding hydrogens is 254 g/mol. The van der Waals surface area contributed by atoms with Gasteiger partial charge in [-0.3, -0.25) is 4.79 Å². The first-order chi connectivity index (χ1) is 9.60. The summed E-state index contributed by atoms with van der Waals surface area (Å²) in [5, 5.41) is 3.22. The quantitative estimate of drug-likeness (QED) is 0.916. The highest BCUT2D eigenvalue weighted by molar-refractivity contribution is 5.92. The van der Waals surface area contributed by atoms with Crippen molar-refractivity contribution in [1.29, 1.82) is 0 Å². The van der Waals surface area contributed by atoms with Crippen LogP contribution in [0.3, 0.4) is 0 Å². The molecule has 2 heterocycles. The fraction of sp³-hybridized carbons (Fsp3) is 0.600. The average Bonchev–Trinajstić information content (AvgIpc) is 2.46. The zero-order chi connectivity index (χ0) is 14.5. The highest BCUT2D eigenvalue weighted by Gasteiger charge is 2.24. The Labute approximate surface area is 120 Å². The number of rotatable bonds is 4. The normalized spacial score (nSPS) is 19.2. The summed E-state index contributed by atoms with van der Waals surface area (Å²) in [6.07, 6.45) is 1.07. The first kappa shape index (κ1) is 14.8. The van der Waals surface area contributed by atoms with E-state index in [1.807, 2.05) is 30.9 Å². The second kappa shape index (κ2) is 6.70. The van der Waals surface area contributed by atoms with Gasteiger partial charge in [0.2, 0.25) is 0 Å². The molecule has 0 spiro atoms. The summed E-state index contributed by atoms with van der Waals surface area (Å²) in [5.74, 6) is 0.727. The standard InChI is InChI=1S/C15H23N3O2/c1-4-12-10-18(8-9-20-12)15(19)13-6-5-7-14(17-13)16-11(2)3/h5-7,11-12H,4,8-10H2,1-3H3,(H,16,17). The topological polar surface area (TPSA) is 54.5 Å². The molecule has 1 unspecified atom stereocenters. The summed E-state index contributed by atoms with van der Waals surface area (Å²) in [6, 6.07) is 5.80. The number of aromatic nitrogens is 1. The van der Waals surface area contributed by atoms with E-state index in [0.717, 1.165) is 12.2 Å². The van der Waals surface area contributed by atoms with Crippen molar-refractivity contribution in [2.75, 3.05) is 25.0 Å². The van der Waals surface area contributed by atoms with Gasteiger partial charge in [0.1, 0.15) is 11.5 Å². The summed E-state index contributed by atoms with van der Waals surface area (Å²) in [6.45, 7) is 8.06. The molecule has 20 heavy (non-hydrogen) atoms. The van der Waals surface area contributed by atoms with Crippen molar-refractivity contribution in [2.45, 2.75) is 39.3 Å². The molecule has 110 valence electrons. The Morgan fingerprint density at radius 3 is 3.05 bits per heavy atom. The second-order valence-corrected chi connectivity index (χ2v) is 5.36. The molecule has 0 bridgehead atoms. The molecule has 1 aromatic heterocycles. The third-order valence-electron chi connectivity index (χ3n) is 3.29. The van der Waals surface area contributed by atoms with Crippen molar-refractivity contribution in [3.8, 4) is 0 Å². The van der Waals surface area contributed by atoms with E-state index < -0.39 is 0 Å². The summed E-state index contributed by atoms with van der Waals surface area (Å²) < 4.78 is 5.59. The molecule has 0 aromatic carbocycles. The van der Waals surface area contributed by atoms with Gasteiger partial charge in [-0.05, 0) is 32.4 Å². The van der Waals surface area contributed by atoms with Gasteiger partial charge in [0, 0.05) is 19.1 Å². The van der Waals surface area contributed by atoms with Crippen LogP contribution in [0.1, 0.15) is 37.7 Å². The van der Waals surface area contributed by atoms with E-state index in [9.17, 15) is 4.79 Å². The minimum absolute atomic E-state index is 0.0147. The molecule has 1 saturated heterocycles. The number of pyridine rings is 1. The Morgan fingerprint density at radius 1 is 1.55 bits per heavy atom. The van der Waals surface area contributed by atoms with Crippen LogP contribution < -0.4 is 5.32 Å². The van der Waals surface area contributed by atoms with Crippen molar-refractivity contribution >= 4 is 11.7 Å². The van der Waals surface area contributed by atoms with Crippen LogP contribution in [0.2, 0.25) is 0 Å². The third-order valence-corrected chi connectivity index (χ3v) is 3.29. The number of ether oxygens (including phenoxy) is 1. The van der Waals surface area contributed by atoms with E-state index in [4.69, 9.17) is 4.74 Å². The molecule has 0 saturated carbocycles. The van der Waals surface area contributed by atoms with Gasteiger partial charge in [-0.2, -0.15) is 0 Å². The van der Waals surface area contributed by atoms with Crippen LogP contribution in [-0.4, -0.2) is 47.6 Å².